The largest absolute Gasteiger partial charge is 0.366 e. The molecule has 0 fully saturated rings. The van der Waals surface area contributed by atoms with Crippen molar-refractivity contribution in [3.63, 3.8) is 0 Å². The van der Waals surface area contributed by atoms with E-state index in [4.69, 9.17) is 4.74 Å². The Labute approximate surface area is 85.5 Å². The van der Waals surface area contributed by atoms with Gasteiger partial charge in [-0.3, -0.25) is 0 Å². The number of benzene rings is 1. The van der Waals surface area contributed by atoms with Gasteiger partial charge in [0.2, 0.25) is 0 Å². The van der Waals surface area contributed by atoms with E-state index < -0.39 is 5.79 Å². The van der Waals surface area contributed by atoms with Gasteiger partial charge in [0, 0.05) is 0 Å². The molecule has 14 heavy (non-hydrogen) atoms. The summed E-state index contributed by atoms with van der Waals surface area (Å²) in [5, 5.41) is 9.40. The molecule has 1 aromatic carbocycles. The quantitative estimate of drug-likeness (QED) is 0.749. The van der Waals surface area contributed by atoms with Gasteiger partial charge in [0.15, 0.2) is 5.79 Å². The standard InChI is InChI=1S/C12H18O2/c1-9-5-6-11(10(2)7-9)8-14-12(3,4)13/h5-7,13H,8H2,1-4H3. The van der Waals surface area contributed by atoms with E-state index in [1.54, 1.807) is 13.8 Å². The number of hydrogen-bond acceptors (Lipinski definition) is 2. The second-order valence-electron chi connectivity index (χ2n) is 4.17. The van der Waals surface area contributed by atoms with E-state index in [1.165, 1.54) is 11.1 Å². The molecule has 2 heteroatoms. The van der Waals surface area contributed by atoms with Crippen LogP contribution in [0.4, 0.5) is 0 Å². The molecular formula is C12H18O2. The van der Waals surface area contributed by atoms with Crippen LogP contribution in [0.5, 0.6) is 0 Å². The van der Waals surface area contributed by atoms with Crippen molar-refractivity contribution < 1.29 is 9.84 Å². The molecule has 0 spiro atoms. The highest BCUT2D eigenvalue weighted by molar-refractivity contribution is 5.29. The Hall–Kier alpha value is -0.860. The van der Waals surface area contributed by atoms with Crippen LogP contribution < -0.4 is 0 Å². The van der Waals surface area contributed by atoms with Crippen LogP contribution in [-0.4, -0.2) is 10.9 Å². The lowest BCUT2D eigenvalue weighted by molar-refractivity contribution is -0.183. The number of aryl methyl sites for hydroxylation is 2. The summed E-state index contributed by atoms with van der Waals surface area (Å²) in [4.78, 5) is 0. The maximum absolute atomic E-state index is 9.40. The fourth-order valence-corrected chi connectivity index (χ4v) is 1.26. The Bertz CT molecular complexity index is 311. The zero-order chi connectivity index (χ0) is 10.8. The van der Waals surface area contributed by atoms with Crippen molar-refractivity contribution in [3.8, 4) is 0 Å². The molecule has 0 aromatic heterocycles. The first-order valence-corrected chi connectivity index (χ1v) is 4.81. The molecule has 0 unspecified atom stereocenters. The second-order valence-corrected chi connectivity index (χ2v) is 4.17. The highest BCUT2D eigenvalue weighted by Crippen LogP contribution is 2.14. The third kappa shape index (κ3) is 3.48. The molecule has 0 amide bonds. The Kier molecular flexibility index (Phi) is 3.29. The van der Waals surface area contributed by atoms with Crippen LogP contribution in [0.3, 0.4) is 0 Å². The summed E-state index contributed by atoms with van der Waals surface area (Å²) in [7, 11) is 0. The van der Waals surface area contributed by atoms with E-state index in [0.717, 1.165) is 5.56 Å². The predicted molar refractivity (Wildman–Crippen MR) is 57.0 cm³/mol. The molecule has 0 aliphatic rings. The van der Waals surface area contributed by atoms with Gasteiger partial charge in [-0.25, -0.2) is 0 Å². The Morgan fingerprint density at radius 1 is 1.29 bits per heavy atom. The minimum atomic E-state index is -1.06. The minimum Gasteiger partial charge on any atom is -0.366 e. The SMILES string of the molecule is Cc1ccc(COC(C)(C)O)c(C)c1. The summed E-state index contributed by atoms with van der Waals surface area (Å²) in [6.07, 6.45) is 0. The lowest BCUT2D eigenvalue weighted by Crippen LogP contribution is -2.23. The molecule has 0 aliphatic heterocycles. The van der Waals surface area contributed by atoms with Crippen molar-refractivity contribution >= 4 is 0 Å². The molecule has 0 saturated heterocycles. The molecule has 0 aliphatic carbocycles. The summed E-state index contributed by atoms with van der Waals surface area (Å²) in [6.45, 7) is 7.84. The normalized spacial score (nSPS) is 11.8. The van der Waals surface area contributed by atoms with Gasteiger partial charge < -0.3 is 9.84 Å². The van der Waals surface area contributed by atoms with Crippen molar-refractivity contribution in [2.24, 2.45) is 0 Å². The van der Waals surface area contributed by atoms with E-state index >= 15 is 0 Å². The summed E-state index contributed by atoms with van der Waals surface area (Å²) in [5.74, 6) is -1.06. The highest BCUT2D eigenvalue weighted by Gasteiger charge is 2.12. The highest BCUT2D eigenvalue weighted by atomic mass is 16.6. The summed E-state index contributed by atoms with van der Waals surface area (Å²) >= 11 is 0. The van der Waals surface area contributed by atoms with Crippen molar-refractivity contribution in [2.75, 3.05) is 0 Å². The first kappa shape index (κ1) is 11.2. The number of hydrogen-bond donors (Lipinski definition) is 1. The molecule has 0 atom stereocenters. The third-order valence-electron chi connectivity index (χ3n) is 2.08. The van der Waals surface area contributed by atoms with Gasteiger partial charge in [-0.05, 0) is 38.8 Å². The van der Waals surface area contributed by atoms with Crippen molar-refractivity contribution in [3.05, 3.63) is 34.9 Å². The minimum absolute atomic E-state index is 0.454. The summed E-state index contributed by atoms with van der Waals surface area (Å²) in [5.41, 5.74) is 3.57. The zero-order valence-corrected chi connectivity index (χ0v) is 9.29. The second kappa shape index (κ2) is 4.11. The molecule has 0 saturated carbocycles. The summed E-state index contributed by atoms with van der Waals surface area (Å²) in [6, 6.07) is 6.20. The third-order valence-corrected chi connectivity index (χ3v) is 2.08. The lowest BCUT2D eigenvalue weighted by Gasteiger charge is -2.19. The summed E-state index contributed by atoms with van der Waals surface area (Å²) < 4.78 is 5.29. The Morgan fingerprint density at radius 3 is 2.43 bits per heavy atom. The first-order chi connectivity index (χ1) is 6.38. The van der Waals surface area contributed by atoms with E-state index in [1.807, 2.05) is 6.07 Å². The molecule has 0 radical (unpaired) electrons. The van der Waals surface area contributed by atoms with Crippen LogP contribution >= 0.6 is 0 Å². The van der Waals surface area contributed by atoms with Crippen LogP contribution in [0.15, 0.2) is 18.2 Å². The topological polar surface area (TPSA) is 29.5 Å². The molecule has 1 rings (SSSR count). The van der Waals surface area contributed by atoms with Gasteiger partial charge in [0.25, 0.3) is 0 Å². The smallest absolute Gasteiger partial charge is 0.160 e. The van der Waals surface area contributed by atoms with Crippen LogP contribution in [0, 0.1) is 13.8 Å². The molecule has 0 bridgehead atoms. The van der Waals surface area contributed by atoms with E-state index in [0.29, 0.717) is 6.61 Å². The van der Waals surface area contributed by atoms with Crippen LogP contribution in [0.25, 0.3) is 0 Å². The molecule has 78 valence electrons. The van der Waals surface area contributed by atoms with Crippen LogP contribution in [0.2, 0.25) is 0 Å². The van der Waals surface area contributed by atoms with E-state index in [9.17, 15) is 5.11 Å². The molecule has 1 N–H and O–H groups in total. The molecule has 2 nitrogen and oxygen atoms in total. The van der Waals surface area contributed by atoms with Gasteiger partial charge in [0.05, 0.1) is 6.61 Å². The van der Waals surface area contributed by atoms with E-state index in [2.05, 4.69) is 26.0 Å². The Morgan fingerprint density at radius 2 is 1.93 bits per heavy atom. The van der Waals surface area contributed by atoms with Crippen molar-refractivity contribution in [1.29, 1.82) is 0 Å². The fraction of sp³-hybridized carbons (Fsp3) is 0.500. The fourth-order valence-electron chi connectivity index (χ4n) is 1.26. The molecule has 1 aromatic rings. The van der Waals surface area contributed by atoms with E-state index in [-0.39, 0.29) is 0 Å². The van der Waals surface area contributed by atoms with Gasteiger partial charge in [-0.2, -0.15) is 0 Å². The lowest BCUT2D eigenvalue weighted by atomic mass is 10.1. The predicted octanol–water partition coefficient (Wildman–Crippen LogP) is 2.55. The molecule has 0 heterocycles. The van der Waals surface area contributed by atoms with Crippen LogP contribution in [0.1, 0.15) is 30.5 Å². The number of rotatable bonds is 3. The maximum Gasteiger partial charge on any atom is 0.160 e. The van der Waals surface area contributed by atoms with Crippen molar-refractivity contribution in [2.45, 2.75) is 40.1 Å². The maximum atomic E-state index is 9.40. The van der Waals surface area contributed by atoms with Gasteiger partial charge >= 0.3 is 0 Å². The number of ether oxygens (including phenoxy) is 1. The average Bonchev–Trinajstić information content (AvgIpc) is 2.00. The van der Waals surface area contributed by atoms with Gasteiger partial charge in [-0.15, -0.1) is 0 Å². The average molecular weight is 194 g/mol. The van der Waals surface area contributed by atoms with Crippen LogP contribution in [-0.2, 0) is 11.3 Å². The Balaban J connectivity index is 2.68. The molecular weight excluding hydrogens is 176 g/mol. The number of aliphatic hydroxyl groups is 1. The van der Waals surface area contributed by atoms with Crippen molar-refractivity contribution in [1.82, 2.24) is 0 Å². The van der Waals surface area contributed by atoms with Gasteiger partial charge in [0.1, 0.15) is 0 Å². The van der Waals surface area contributed by atoms with Gasteiger partial charge in [-0.1, -0.05) is 23.8 Å². The first-order valence-electron chi connectivity index (χ1n) is 4.81. The zero-order valence-electron chi connectivity index (χ0n) is 9.29. The monoisotopic (exact) mass is 194 g/mol.